The second-order valence-electron chi connectivity index (χ2n) is 5.17. The van der Waals surface area contributed by atoms with Crippen molar-refractivity contribution in [3.8, 4) is 0 Å². The molecule has 0 spiro atoms. The third kappa shape index (κ3) is 6.86. The van der Waals surface area contributed by atoms with Gasteiger partial charge in [0.1, 0.15) is 0 Å². The van der Waals surface area contributed by atoms with Crippen molar-refractivity contribution in [2.75, 3.05) is 12.3 Å². The van der Waals surface area contributed by atoms with Gasteiger partial charge in [-0.2, -0.15) is 0 Å². The number of carbonyl (C=O) groups excluding carboxylic acids is 1. The van der Waals surface area contributed by atoms with Crippen LogP contribution in [0.1, 0.15) is 17.5 Å². The van der Waals surface area contributed by atoms with E-state index < -0.39 is 0 Å². The molecule has 0 atom stereocenters. The van der Waals surface area contributed by atoms with E-state index in [2.05, 4.69) is 17.4 Å². The molecule has 23 heavy (non-hydrogen) atoms. The number of carbonyl (C=O) groups is 1. The van der Waals surface area contributed by atoms with Gasteiger partial charge in [-0.25, -0.2) is 0 Å². The van der Waals surface area contributed by atoms with Gasteiger partial charge in [-0.3, -0.25) is 4.79 Å². The molecule has 0 radical (unpaired) electrons. The molecule has 2 rings (SSSR count). The van der Waals surface area contributed by atoms with Crippen LogP contribution in [-0.4, -0.2) is 18.2 Å². The van der Waals surface area contributed by atoms with Gasteiger partial charge in [-0.15, -0.1) is 11.8 Å². The Morgan fingerprint density at radius 3 is 2.61 bits per heavy atom. The van der Waals surface area contributed by atoms with Crippen LogP contribution >= 0.6 is 35.0 Å². The van der Waals surface area contributed by atoms with Crippen molar-refractivity contribution in [2.45, 2.75) is 18.6 Å². The fourth-order valence-electron chi connectivity index (χ4n) is 2.11. The summed E-state index contributed by atoms with van der Waals surface area (Å²) in [5, 5.41) is 4.22. The van der Waals surface area contributed by atoms with Crippen molar-refractivity contribution >= 4 is 40.9 Å². The molecule has 0 heterocycles. The lowest BCUT2D eigenvalue weighted by Gasteiger charge is -2.07. The molecule has 0 aliphatic heterocycles. The summed E-state index contributed by atoms with van der Waals surface area (Å²) in [7, 11) is 0. The van der Waals surface area contributed by atoms with E-state index in [4.69, 9.17) is 23.2 Å². The van der Waals surface area contributed by atoms with E-state index in [9.17, 15) is 4.79 Å². The van der Waals surface area contributed by atoms with Crippen LogP contribution in [0.3, 0.4) is 0 Å². The van der Waals surface area contributed by atoms with Crippen LogP contribution in [0.5, 0.6) is 0 Å². The van der Waals surface area contributed by atoms with Crippen LogP contribution in [0.25, 0.3) is 0 Å². The number of aryl methyl sites for hydroxylation is 1. The third-order valence-corrected chi connectivity index (χ3v) is 4.88. The van der Waals surface area contributed by atoms with E-state index >= 15 is 0 Å². The SMILES string of the molecule is O=C(CSCc1ccc(Cl)cc1Cl)NCCCc1ccccc1. The number of thioether (sulfide) groups is 1. The fourth-order valence-corrected chi connectivity index (χ4v) is 3.52. The summed E-state index contributed by atoms with van der Waals surface area (Å²) in [4.78, 5) is 11.8. The fraction of sp³-hybridized carbons (Fsp3) is 0.278. The van der Waals surface area contributed by atoms with Crippen molar-refractivity contribution in [2.24, 2.45) is 0 Å². The third-order valence-electron chi connectivity index (χ3n) is 3.31. The smallest absolute Gasteiger partial charge is 0.230 e. The molecule has 1 amide bonds. The van der Waals surface area contributed by atoms with Gasteiger partial charge < -0.3 is 5.32 Å². The van der Waals surface area contributed by atoms with Gasteiger partial charge in [0.25, 0.3) is 0 Å². The summed E-state index contributed by atoms with van der Waals surface area (Å²) in [5.74, 6) is 1.20. The molecule has 0 unspecified atom stereocenters. The molecule has 0 fully saturated rings. The average Bonchev–Trinajstić information content (AvgIpc) is 2.55. The van der Waals surface area contributed by atoms with Gasteiger partial charge in [0, 0.05) is 22.3 Å². The Kier molecular flexibility index (Phi) is 7.80. The number of rotatable bonds is 8. The largest absolute Gasteiger partial charge is 0.355 e. The first-order chi connectivity index (χ1) is 11.1. The Bertz CT molecular complexity index is 634. The number of benzene rings is 2. The highest BCUT2D eigenvalue weighted by molar-refractivity contribution is 7.99. The Hall–Kier alpha value is -1.16. The Morgan fingerprint density at radius 2 is 1.87 bits per heavy atom. The van der Waals surface area contributed by atoms with Gasteiger partial charge in [-0.05, 0) is 36.1 Å². The van der Waals surface area contributed by atoms with Crippen LogP contribution < -0.4 is 5.32 Å². The summed E-state index contributed by atoms with van der Waals surface area (Å²) in [6, 6.07) is 15.7. The predicted molar refractivity (Wildman–Crippen MR) is 100 cm³/mol. The molecule has 2 aromatic rings. The molecular formula is C18H19Cl2NOS. The van der Waals surface area contributed by atoms with Crippen LogP contribution in [0, 0.1) is 0 Å². The van der Waals surface area contributed by atoms with Gasteiger partial charge in [0.05, 0.1) is 5.75 Å². The van der Waals surface area contributed by atoms with Gasteiger partial charge in [-0.1, -0.05) is 59.6 Å². The number of amides is 1. The van der Waals surface area contributed by atoms with E-state index in [0.717, 1.165) is 18.4 Å². The van der Waals surface area contributed by atoms with Gasteiger partial charge >= 0.3 is 0 Å². The van der Waals surface area contributed by atoms with E-state index in [1.54, 1.807) is 17.8 Å². The van der Waals surface area contributed by atoms with Crippen LogP contribution in [0.4, 0.5) is 0 Å². The second-order valence-corrected chi connectivity index (χ2v) is 7.00. The minimum absolute atomic E-state index is 0.0631. The molecule has 0 bridgehead atoms. The highest BCUT2D eigenvalue weighted by Gasteiger charge is 2.05. The standard InChI is InChI=1S/C18H19Cl2NOS/c19-16-9-8-15(17(20)11-16)12-23-13-18(22)21-10-4-7-14-5-2-1-3-6-14/h1-3,5-6,8-9,11H,4,7,10,12-13H2,(H,21,22). The first-order valence-electron chi connectivity index (χ1n) is 7.47. The average molecular weight is 368 g/mol. The van der Waals surface area contributed by atoms with E-state index in [0.29, 0.717) is 28.1 Å². The first kappa shape index (κ1) is 18.2. The summed E-state index contributed by atoms with van der Waals surface area (Å²) < 4.78 is 0. The molecule has 0 saturated heterocycles. The Morgan fingerprint density at radius 1 is 1.09 bits per heavy atom. The molecular weight excluding hydrogens is 349 g/mol. The molecule has 2 aromatic carbocycles. The van der Waals surface area contributed by atoms with E-state index in [-0.39, 0.29) is 5.91 Å². The molecule has 122 valence electrons. The monoisotopic (exact) mass is 367 g/mol. The highest BCUT2D eigenvalue weighted by atomic mass is 35.5. The molecule has 0 aliphatic carbocycles. The van der Waals surface area contributed by atoms with Gasteiger partial charge in [0.15, 0.2) is 0 Å². The minimum atomic E-state index is 0.0631. The van der Waals surface area contributed by atoms with Crippen molar-refractivity contribution in [3.63, 3.8) is 0 Å². The normalized spacial score (nSPS) is 10.5. The van der Waals surface area contributed by atoms with Crippen LogP contribution in [-0.2, 0) is 17.0 Å². The zero-order valence-electron chi connectivity index (χ0n) is 12.7. The van der Waals surface area contributed by atoms with Crippen LogP contribution in [0.2, 0.25) is 10.0 Å². The molecule has 0 saturated carbocycles. The number of hydrogen-bond donors (Lipinski definition) is 1. The maximum absolute atomic E-state index is 11.8. The summed E-state index contributed by atoms with van der Waals surface area (Å²) in [6.45, 7) is 0.704. The zero-order chi connectivity index (χ0) is 16.5. The minimum Gasteiger partial charge on any atom is -0.355 e. The first-order valence-corrected chi connectivity index (χ1v) is 9.38. The van der Waals surface area contributed by atoms with Crippen molar-refractivity contribution in [3.05, 3.63) is 69.7 Å². The van der Waals surface area contributed by atoms with Crippen molar-refractivity contribution in [1.29, 1.82) is 0 Å². The van der Waals surface area contributed by atoms with Crippen molar-refractivity contribution < 1.29 is 4.79 Å². The summed E-state index contributed by atoms with van der Waals surface area (Å²) >= 11 is 13.5. The van der Waals surface area contributed by atoms with Gasteiger partial charge in [0.2, 0.25) is 5.91 Å². The summed E-state index contributed by atoms with van der Waals surface area (Å²) in [5.41, 5.74) is 2.30. The van der Waals surface area contributed by atoms with E-state index in [1.807, 2.05) is 30.3 Å². The maximum atomic E-state index is 11.8. The molecule has 1 N–H and O–H groups in total. The lowest BCUT2D eigenvalue weighted by Crippen LogP contribution is -2.26. The van der Waals surface area contributed by atoms with E-state index in [1.165, 1.54) is 5.56 Å². The maximum Gasteiger partial charge on any atom is 0.230 e. The Balaban J connectivity index is 1.60. The highest BCUT2D eigenvalue weighted by Crippen LogP contribution is 2.24. The molecule has 5 heteroatoms. The molecule has 0 aliphatic rings. The van der Waals surface area contributed by atoms with Crippen LogP contribution in [0.15, 0.2) is 48.5 Å². The molecule has 0 aromatic heterocycles. The quantitative estimate of drug-likeness (QED) is 0.666. The Labute approximate surface area is 151 Å². The number of hydrogen-bond acceptors (Lipinski definition) is 2. The molecule has 2 nitrogen and oxygen atoms in total. The topological polar surface area (TPSA) is 29.1 Å². The number of nitrogens with one attached hydrogen (secondary N) is 1. The summed E-state index contributed by atoms with van der Waals surface area (Å²) in [6.07, 6.45) is 1.93. The number of halogens is 2. The lowest BCUT2D eigenvalue weighted by atomic mass is 10.1. The zero-order valence-corrected chi connectivity index (χ0v) is 15.1. The lowest BCUT2D eigenvalue weighted by molar-refractivity contribution is -0.118. The predicted octanol–water partition coefficient (Wildman–Crippen LogP) is 4.98. The van der Waals surface area contributed by atoms with Crippen molar-refractivity contribution in [1.82, 2.24) is 5.32 Å². The second kappa shape index (κ2) is 9.86.